The average molecular weight is 804 g/mol. The number of hydrogen-bond acceptors (Lipinski definition) is 11. The van der Waals surface area contributed by atoms with Crippen LogP contribution >= 0.6 is 0 Å². The number of amides is 5. The van der Waals surface area contributed by atoms with E-state index in [9.17, 15) is 28.8 Å². The van der Waals surface area contributed by atoms with Gasteiger partial charge in [-0.25, -0.2) is 0 Å². The van der Waals surface area contributed by atoms with Crippen LogP contribution in [-0.2, 0) is 28.0 Å². The molecule has 308 valence electrons. The largest absolute Gasteiger partial charge is 0.496 e. The number of methoxy groups -OCH3 is 2. The fraction of sp³-hybridized carbons (Fsp3) is 0.432. The molecule has 5 heterocycles. The quantitative estimate of drug-likeness (QED) is 0.117. The van der Waals surface area contributed by atoms with Gasteiger partial charge in [0.25, 0.3) is 17.4 Å². The second-order valence-corrected chi connectivity index (χ2v) is 16.3. The molecule has 1 atom stereocenters. The maximum atomic E-state index is 13.3. The molecule has 5 amide bonds. The number of rotatable bonds is 15. The number of ether oxygens (including phenoxy) is 2. The predicted molar refractivity (Wildman–Crippen MR) is 219 cm³/mol. The Bertz CT molecular complexity index is 2390. The molecule has 0 bridgehead atoms. The number of pyridine rings is 2. The van der Waals surface area contributed by atoms with Crippen molar-refractivity contribution in [3.8, 4) is 22.6 Å². The first-order valence-electron chi connectivity index (χ1n) is 20.3. The van der Waals surface area contributed by atoms with Crippen LogP contribution in [0, 0.1) is 11.3 Å². The van der Waals surface area contributed by atoms with Crippen molar-refractivity contribution in [2.45, 2.75) is 64.0 Å². The number of unbranched alkanes of at least 4 members (excludes halogenated alkanes) is 3. The first-order valence-corrected chi connectivity index (χ1v) is 20.3. The van der Waals surface area contributed by atoms with E-state index in [1.807, 2.05) is 24.4 Å². The van der Waals surface area contributed by atoms with Crippen LogP contribution in [0.2, 0.25) is 0 Å². The Morgan fingerprint density at radius 1 is 0.915 bits per heavy atom. The Labute approximate surface area is 341 Å². The number of carbonyl (C=O) groups excluding carboxylic acids is 5. The van der Waals surface area contributed by atoms with Gasteiger partial charge in [0.15, 0.2) is 0 Å². The van der Waals surface area contributed by atoms with Gasteiger partial charge < -0.3 is 24.7 Å². The zero-order chi connectivity index (χ0) is 41.4. The molecule has 2 aromatic heterocycles. The number of nitrogens with zero attached hydrogens (tertiary/aromatic N) is 4. The summed E-state index contributed by atoms with van der Waals surface area (Å²) in [5, 5.41) is 10.0. The molecule has 4 aliphatic rings. The number of aryl methyl sites for hydroxylation is 1. The molecule has 59 heavy (non-hydrogen) atoms. The summed E-state index contributed by atoms with van der Waals surface area (Å²) >= 11 is 0. The normalized spacial score (nSPS) is 18.7. The lowest BCUT2D eigenvalue weighted by molar-refractivity contribution is -0.145. The van der Waals surface area contributed by atoms with Gasteiger partial charge in [-0.1, -0.05) is 18.9 Å². The summed E-state index contributed by atoms with van der Waals surface area (Å²) in [6.07, 6.45) is 10.6. The van der Waals surface area contributed by atoms with Crippen LogP contribution in [0.1, 0.15) is 77.6 Å². The van der Waals surface area contributed by atoms with Crippen LogP contribution in [0.25, 0.3) is 21.9 Å². The Morgan fingerprint density at radius 2 is 1.64 bits per heavy atom. The second-order valence-electron chi connectivity index (χ2n) is 16.3. The van der Waals surface area contributed by atoms with E-state index in [0.717, 1.165) is 78.6 Å². The maximum absolute atomic E-state index is 13.3. The number of likely N-dealkylation sites (tertiary alicyclic amines) is 1. The van der Waals surface area contributed by atoms with Gasteiger partial charge in [-0.2, -0.15) is 0 Å². The Hall–Kier alpha value is -6.09. The number of imide groups is 2. The fourth-order valence-electron chi connectivity index (χ4n) is 9.35. The van der Waals surface area contributed by atoms with Crippen molar-refractivity contribution < 1.29 is 33.4 Å². The van der Waals surface area contributed by atoms with Gasteiger partial charge in [0.05, 0.1) is 36.3 Å². The van der Waals surface area contributed by atoms with Gasteiger partial charge in [0.2, 0.25) is 17.7 Å². The van der Waals surface area contributed by atoms with Crippen molar-refractivity contribution in [3.05, 3.63) is 82.0 Å². The summed E-state index contributed by atoms with van der Waals surface area (Å²) in [7, 11) is 5.04. The molecule has 15 heteroatoms. The summed E-state index contributed by atoms with van der Waals surface area (Å²) in [5.41, 5.74) is 3.85. The number of aromatic nitrogens is 2. The van der Waals surface area contributed by atoms with Crippen molar-refractivity contribution >= 4 is 46.0 Å². The Morgan fingerprint density at radius 3 is 2.36 bits per heavy atom. The third-order valence-electron chi connectivity index (χ3n) is 12.3. The van der Waals surface area contributed by atoms with Gasteiger partial charge >= 0.3 is 0 Å². The second kappa shape index (κ2) is 16.3. The molecule has 1 saturated carbocycles. The molecule has 3 fully saturated rings. The number of hydrogen-bond donors (Lipinski definition) is 3. The lowest BCUT2D eigenvalue weighted by Gasteiger charge is -2.58. The van der Waals surface area contributed by atoms with Crippen LogP contribution in [0.15, 0.2) is 59.8 Å². The molecule has 1 unspecified atom stereocenters. The highest BCUT2D eigenvalue weighted by Gasteiger charge is 2.54. The van der Waals surface area contributed by atoms with Gasteiger partial charge in [0.1, 0.15) is 17.5 Å². The average Bonchev–Trinajstić information content (AvgIpc) is 3.46. The molecular formula is C44H49N7O8. The molecule has 0 radical (unpaired) electrons. The van der Waals surface area contributed by atoms with Crippen LogP contribution in [0.5, 0.6) is 11.5 Å². The highest BCUT2D eigenvalue weighted by molar-refractivity contribution is 6.25. The molecule has 1 aliphatic carbocycles. The topological polar surface area (TPSA) is 181 Å². The number of carbonyl (C=O) groups is 5. The van der Waals surface area contributed by atoms with Gasteiger partial charge in [-0.3, -0.25) is 48.9 Å². The Balaban J connectivity index is 0.752. The molecule has 3 N–H and O–H groups in total. The van der Waals surface area contributed by atoms with E-state index < -0.39 is 29.7 Å². The fourth-order valence-corrected chi connectivity index (χ4v) is 9.35. The van der Waals surface area contributed by atoms with Crippen molar-refractivity contribution in [1.29, 1.82) is 0 Å². The predicted octanol–water partition coefficient (Wildman–Crippen LogP) is 4.02. The Kier molecular flexibility index (Phi) is 11.0. The highest BCUT2D eigenvalue weighted by Crippen LogP contribution is 2.53. The van der Waals surface area contributed by atoms with E-state index in [-0.39, 0.29) is 46.8 Å². The number of piperidine rings is 1. The van der Waals surface area contributed by atoms with Crippen LogP contribution in [0.3, 0.4) is 0 Å². The van der Waals surface area contributed by atoms with Crippen molar-refractivity contribution in [2.75, 3.05) is 45.7 Å². The monoisotopic (exact) mass is 803 g/mol. The number of fused-ring (bicyclic) bond motifs is 2. The zero-order valence-corrected chi connectivity index (χ0v) is 33.6. The van der Waals surface area contributed by atoms with Gasteiger partial charge in [-0.05, 0) is 78.8 Å². The molecule has 3 aliphatic heterocycles. The summed E-state index contributed by atoms with van der Waals surface area (Å²) in [5.74, 6) is -0.499. The van der Waals surface area contributed by atoms with E-state index in [1.165, 1.54) is 0 Å². The van der Waals surface area contributed by atoms with E-state index >= 15 is 0 Å². The minimum absolute atomic E-state index is 0.0321. The SMILES string of the molecule is COc1cc(-c2cn(C)c(=O)c3cnccc23)cc(OC)c1CN1CC2(CC(C(=O)NCCCCCCNc3cccc4c3C(=O)N(C3CCC(=O)NC3=O)C4=O)C2)C1. The number of anilines is 1. The number of nitrogens with one attached hydrogen (secondary N) is 3. The smallest absolute Gasteiger partial charge is 0.264 e. The van der Waals surface area contributed by atoms with Crippen LogP contribution < -0.4 is 31.0 Å². The molecule has 8 rings (SSSR count). The molecule has 2 aromatic carbocycles. The van der Waals surface area contributed by atoms with Gasteiger partial charge in [0, 0.05) is 82.0 Å². The molecular weight excluding hydrogens is 755 g/mol. The standard InChI is InChI=1S/C44H49N7O8/c1-49-22-31(28-13-16-45-21-30(28)41(49)55)26-17-35(58-2)32(36(18-26)59-3)23-50-24-44(25-50)19-27(20-44)39(53)47-15-7-5-4-6-14-46-33-10-8-9-29-38(33)43(57)51(42(29)56)34-11-12-37(52)48-40(34)54/h8-10,13,16-18,21-22,27,34,46H,4-7,11-12,14-15,19-20,23-25H2,1-3H3,(H,47,53)(H,48,52,54). The first-order chi connectivity index (χ1) is 28.5. The first kappa shape index (κ1) is 39.7. The molecule has 15 nitrogen and oxygen atoms in total. The van der Waals surface area contributed by atoms with Crippen molar-refractivity contribution in [2.24, 2.45) is 18.4 Å². The minimum Gasteiger partial charge on any atom is -0.496 e. The molecule has 1 spiro atoms. The summed E-state index contributed by atoms with van der Waals surface area (Å²) in [4.78, 5) is 83.6. The van der Waals surface area contributed by atoms with E-state index in [0.29, 0.717) is 42.2 Å². The molecule has 2 saturated heterocycles. The van der Waals surface area contributed by atoms with Crippen molar-refractivity contribution in [1.82, 2.24) is 30.0 Å². The number of benzene rings is 2. The third-order valence-corrected chi connectivity index (χ3v) is 12.3. The lowest BCUT2D eigenvalue weighted by Crippen LogP contribution is -2.63. The van der Waals surface area contributed by atoms with Gasteiger partial charge in [-0.15, -0.1) is 0 Å². The van der Waals surface area contributed by atoms with Crippen LogP contribution in [-0.4, -0.2) is 95.3 Å². The zero-order valence-electron chi connectivity index (χ0n) is 33.6. The maximum Gasteiger partial charge on any atom is 0.264 e. The van der Waals surface area contributed by atoms with E-state index in [2.05, 4.69) is 25.8 Å². The van der Waals surface area contributed by atoms with E-state index in [4.69, 9.17) is 9.47 Å². The van der Waals surface area contributed by atoms with Crippen LogP contribution in [0.4, 0.5) is 5.69 Å². The summed E-state index contributed by atoms with van der Waals surface area (Å²) in [6, 6.07) is 9.90. The summed E-state index contributed by atoms with van der Waals surface area (Å²) < 4.78 is 13.3. The lowest BCUT2D eigenvalue weighted by atomic mass is 9.57. The minimum atomic E-state index is -0.999. The highest BCUT2D eigenvalue weighted by atomic mass is 16.5. The van der Waals surface area contributed by atoms with Crippen molar-refractivity contribution in [3.63, 3.8) is 0 Å². The van der Waals surface area contributed by atoms with E-state index in [1.54, 1.807) is 56.4 Å². The molecule has 4 aromatic rings. The third kappa shape index (κ3) is 7.55. The summed E-state index contributed by atoms with van der Waals surface area (Å²) in [6.45, 7) is 3.70.